The molecule has 6 heteroatoms. The first kappa shape index (κ1) is 22.0. The molecule has 6 rings (SSSR count). The van der Waals surface area contributed by atoms with Gasteiger partial charge in [0.1, 0.15) is 5.82 Å². The van der Waals surface area contributed by atoms with E-state index >= 15 is 0 Å². The minimum absolute atomic E-state index is 0.0600. The SMILES string of the molecule is O=C1Nc2cccc(-c3cccc(F)c3)c2/C1=C/c1[nH]c2c(c1C(=O)C1CC[C@@H](O)C1)CCCC2. The molecule has 1 saturated carbocycles. The average Bonchev–Trinajstić information content (AvgIpc) is 3.54. The Morgan fingerprint density at radius 3 is 2.71 bits per heavy atom. The van der Waals surface area contributed by atoms with Gasteiger partial charge < -0.3 is 15.4 Å². The van der Waals surface area contributed by atoms with Gasteiger partial charge in [0.05, 0.1) is 17.4 Å². The molecule has 1 unspecified atom stereocenters. The number of aromatic amines is 1. The zero-order valence-corrected chi connectivity index (χ0v) is 19.4. The van der Waals surface area contributed by atoms with E-state index < -0.39 is 6.10 Å². The van der Waals surface area contributed by atoms with Crippen molar-refractivity contribution in [1.82, 2.24) is 4.98 Å². The number of carbonyl (C=O) groups excluding carboxylic acids is 2. The van der Waals surface area contributed by atoms with Crippen LogP contribution in [0, 0.1) is 11.7 Å². The highest BCUT2D eigenvalue weighted by atomic mass is 19.1. The molecule has 3 aliphatic rings. The number of aromatic nitrogens is 1. The summed E-state index contributed by atoms with van der Waals surface area (Å²) in [4.78, 5) is 30.3. The van der Waals surface area contributed by atoms with Crippen LogP contribution in [0.25, 0.3) is 22.8 Å². The summed E-state index contributed by atoms with van der Waals surface area (Å²) in [6.07, 6.45) is 6.99. The second-order valence-corrected chi connectivity index (χ2v) is 9.86. The summed E-state index contributed by atoms with van der Waals surface area (Å²) >= 11 is 0. The number of Topliss-reactive ketones (excluding diaryl/α,β-unsaturated/α-hetero) is 1. The number of amides is 1. The highest BCUT2D eigenvalue weighted by molar-refractivity contribution is 6.36. The molecule has 3 N–H and O–H groups in total. The topological polar surface area (TPSA) is 82.2 Å². The Morgan fingerprint density at radius 1 is 1.09 bits per heavy atom. The fraction of sp³-hybridized carbons (Fsp3) is 0.310. The van der Waals surface area contributed by atoms with Gasteiger partial charge in [-0.15, -0.1) is 0 Å². The molecule has 0 spiro atoms. The average molecular weight is 471 g/mol. The fourth-order valence-corrected chi connectivity index (χ4v) is 5.92. The van der Waals surface area contributed by atoms with Gasteiger partial charge in [-0.2, -0.15) is 0 Å². The first-order valence-corrected chi connectivity index (χ1v) is 12.4. The van der Waals surface area contributed by atoms with Crippen LogP contribution in [0.5, 0.6) is 0 Å². The first-order valence-electron chi connectivity index (χ1n) is 12.4. The van der Waals surface area contributed by atoms with Crippen LogP contribution >= 0.6 is 0 Å². The summed E-state index contributed by atoms with van der Waals surface area (Å²) in [5.74, 6) is -0.723. The molecule has 2 heterocycles. The van der Waals surface area contributed by atoms with E-state index in [1.807, 2.05) is 24.3 Å². The second-order valence-electron chi connectivity index (χ2n) is 9.86. The van der Waals surface area contributed by atoms with Gasteiger partial charge in [0.2, 0.25) is 0 Å². The van der Waals surface area contributed by atoms with Gasteiger partial charge in [0, 0.05) is 28.4 Å². The molecule has 2 atom stereocenters. The van der Waals surface area contributed by atoms with Crippen molar-refractivity contribution >= 4 is 29.0 Å². The molecule has 0 bridgehead atoms. The van der Waals surface area contributed by atoms with Crippen molar-refractivity contribution in [3.63, 3.8) is 0 Å². The van der Waals surface area contributed by atoms with E-state index in [0.717, 1.165) is 42.5 Å². The number of H-pyrrole nitrogens is 1. The molecule has 178 valence electrons. The molecule has 0 radical (unpaired) electrons. The lowest BCUT2D eigenvalue weighted by Crippen LogP contribution is -2.16. The van der Waals surface area contributed by atoms with Gasteiger partial charge in [0.25, 0.3) is 5.91 Å². The molecule has 1 amide bonds. The van der Waals surface area contributed by atoms with E-state index in [2.05, 4.69) is 10.3 Å². The van der Waals surface area contributed by atoms with Crippen LogP contribution in [0.1, 0.15) is 65.0 Å². The number of aliphatic hydroxyl groups is 1. The van der Waals surface area contributed by atoms with E-state index in [9.17, 15) is 19.1 Å². The molecule has 5 nitrogen and oxygen atoms in total. The molecule has 0 saturated heterocycles. The van der Waals surface area contributed by atoms with Crippen molar-refractivity contribution in [3.8, 4) is 11.1 Å². The van der Waals surface area contributed by atoms with Crippen molar-refractivity contribution in [2.45, 2.75) is 51.0 Å². The van der Waals surface area contributed by atoms with Crippen LogP contribution in [0.15, 0.2) is 42.5 Å². The van der Waals surface area contributed by atoms with Crippen LogP contribution in [-0.2, 0) is 17.6 Å². The Bertz CT molecular complexity index is 1390. The molecule has 35 heavy (non-hydrogen) atoms. The van der Waals surface area contributed by atoms with Crippen molar-refractivity contribution < 1.29 is 19.1 Å². The number of ketones is 1. The molecule has 1 fully saturated rings. The Kier molecular flexibility index (Phi) is 5.41. The summed E-state index contributed by atoms with van der Waals surface area (Å²) in [6, 6.07) is 11.9. The predicted octanol–water partition coefficient (Wildman–Crippen LogP) is 5.54. The molecule has 3 aromatic rings. The lowest BCUT2D eigenvalue weighted by molar-refractivity contribution is -0.110. The van der Waals surface area contributed by atoms with Gasteiger partial charge >= 0.3 is 0 Å². The summed E-state index contributed by atoms with van der Waals surface area (Å²) in [6.45, 7) is 0. The zero-order chi connectivity index (χ0) is 24.1. The molecular formula is C29H27FN2O3. The van der Waals surface area contributed by atoms with E-state index in [0.29, 0.717) is 52.9 Å². The maximum absolute atomic E-state index is 14.0. The molecule has 1 aromatic heterocycles. The highest BCUT2D eigenvalue weighted by Crippen LogP contribution is 2.42. The van der Waals surface area contributed by atoms with Crippen LogP contribution < -0.4 is 5.32 Å². The van der Waals surface area contributed by atoms with Gasteiger partial charge in [-0.1, -0.05) is 24.3 Å². The standard InChI is InChI=1S/C29H27FN2O3/c30-18-6-3-5-16(13-18)20-8-4-10-24-26(20)22(29(35)32-24)15-25-27(21-7-1-2-9-23(21)31-25)28(34)17-11-12-19(33)14-17/h3-6,8,10,13,15,17,19,31,33H,1-2,7,9,11-12,14H2,(H,32,35)/b22-15-/t17?,19-/m1/s1. The number of aryl methyl sites for hydroxylation is 1. The van der Waals surface area contributed by atoms with Crippen molar-refractivity contribution in [2.24, 2.45) is 5.92 Å². The summed E-state index contributed by atoms with van der Waals surface area (Å²) in [7, 11) is 0. The molecule has 2 aliphatic carbocycles. The van der Waals surface area contributed by atoms with Crippen LogP contribution in [0.4, 0.5) is 10.1 Å². The quantitative estimate of drug-likeness (QED) is 0.346. The van der Waals surface area contributed by atoms with Crippen molar-refractivity contribution in [3.05, 3.63) is 76.4 Å². The van der Waals surface area contributed by atoms with E-state index in [-0.39, 0.29) is 23.4 Å². The third-order valence-electron chi connectivity index (χ3n) is 7.60. The normalized spacial score (nSPS) is 22.2. The second kappa shape index (κ2) is 8.61. The number of anilines is 1. The third-order valence-corrected chi connectivity index (χ3v) is 7.60. The van der Waals surface area contributed by atoms with Gasteiger partial charge in [-0.25, -0.2) is 4.39 Å². The van der Waals surface area contributed by atoms with E-state index in [4.69, 9.17) is 0 Å². The number of halogens is 1. The number of aliphatic hydroxyl groups excluding tert-OH is 1. The Hall–Kier alpha value is -3.51. The number of rotatable bonds is 4. The van der Waals surface area contributed by atoms with Gasteiger partial charge in [-0.05, 0) is 85.9 Å². The smallest absolute Gasteiger partial charge is 0.256 e. The lowest BCUT2D eigenvalue weighted by atomic mass is 9.87. The van der Waals surface area contributed by atoms with Gasteiger partial charge in [0.15, 0.2) is 5.78 Å². The number of nitrogens with one attached hydrogen (secondary N) is 2. The van der Waals surface area contributed by atoms with Crippen LogP contribution in [0.3, 0.4) is 0 Å². The maximum atomic E-state index is 14.0. The number of carbonyl (C=O) groups is 2. The minimum atomic E-state index is -0.429. The zero-order valence-electron chi connectivity index (χ0n) is 19.4. The number of benzene rings is 2. The summed E-state index contributed by atoms with van der Waals surface area (Å²) < 4.78 is 14.0. The fourth-order valence-electron chi connectivity index (χ4n) is 5.92. The first-order chi connectivity index (χ1) is 17.0. The molecule has 2 aromatic carbocycles. The largest absolute Gasteiger partial charge is 0.393 e. The van der Waals surface area contributed by atoms with E-state index in [1.54, 1.807) is 12.1 Å². The highest BCUT2D eigenvalue weighted by Gasteiger charge is 2.35. The lowest BCUT2D eigenvalue weighted by Gasteiger charge is -2.14. The number of fused-ring (bicyclic) bond motifs is 2. The van der Waals surface area contributed by atoms with Gasteiger partial charge in [-0.3, -0.25) is 9.59 Å². The van der Waals surface area contributed by atoms with Crippen LogP contribution in [-0.4, -0.2) is 27.9 Å². The monoisotopic (exact) mass is 470 g/mol. The minimum Gasteiger partial charge on any atom is -0.393 e. The number of hydrogen-bond donors (Lipinski definition) is 3. The van der Waals surface area contributed by atoms with Crippen molar-refractivity contribution in [2.75, 3.05) is 5.32 Å². The summed E-state index contributed by atoms with van der Waals surface area (Å²) in [5.41, 5.74) is 6.76. The summed E-state index contributed by atoms with van der Waals surface area (Å²) in [5, 5.41) is 13.0. The molecular weight excluding hydrogens is 443 g/mol. The van der Waals surface area contributed by atoms with E-state index in [1.165, 1.54) is 12.1 Å². The molecule has 1 aliphatic heterocycles. The Morgan fingerprint density at radius 2 is 1.91 bits per heavy atom. The third kappa shape index (κ3) is 3.82. The Labute approximate surface area is 203 Å². The predicted molar refractivity (Wildman–Crippen MR) is 133 cm³/mol. The Balaban J connectivity index is 1.50. The van der Waals surface area contributed by atoms with Crippen LogP contribution in [0.2, 0.25) is 0 Å². The van der Waals surface area contributed by atoms with Crippen molar-refractivity contribution in [1.29, 1.82) is 0 Å². The number of hydrogen-bond acceptors (Lipinski definition) is 3. The maximum Gasteiger partial charge on any atom is 0.256 e.